The number of alkyl halides is 5. The Morgan fingerprint density at radius 2 is 1.58 bits per heavy atom. The predicted octanol–water partition coefficient (Wildman–Crippen LogP) is 4.76. The highest BCUT2D eigenvalue weighted by Gasteiger charge is 2.62. The average molecular weight is 342 g/mol. The molecule has 102 valence electrons. The summed E-state index contributed by atoms with van der Waals surface area (Å²) in [6.07, 6.45) is -4.98. The van der Waals surface area contributed by atoms with Crippen molar-refractivity contribution in [3.63, 3.8) is 0 Å². The van der Waals surface area contributed by atoms with E-state index < -0.39 is 18.0 Å². The second kappa shape index (κ2) is 4.59. The van der Waals surface area contributed by atoms with Gasteiger partial charge in [0.2, 0.25) is 0 Å². The highest BCUT2D eigenvalue weighted by molar-refractivity contribution is 9.10. The number of oxazole rings is 1. The molecule has 0 fully saturated rings. The first-order valence-electron chi connectivity index (χ1n) is 4.88. The fourth-order valence-corrected chi connectivity index (χ4v) is 1.56. The molecule has 0 saturated carbocycles. The van der Waals surface area contributed by atoms with Gasteiger partial charge in [-0.05, 0) is 12.1 Å². The maximum absolute atomic E-state index is 13.0. The minimum absolute atomic E-state index is 0.0913. The fraction of sp³-hybridized carbons (Fsp3) is 0.182. The Morgan fingerprint density at radius 3 is 2.11 bits per heavy atom. The largest absolute Gasteiger partial charge is 0.463 e. The molecule has 0 saturated heterocycles. The van der Waals surface area contributed by atoms with Crippen LogP contribution < -0.4 is 0 Å². The van der Waals surface area contributed by atoms with E-state index in [1.165, 1.54) is 12.1 Å². The third-order valence-electron chi connectivity index (χ3n) is 2.27. The smallest absolute Gasteiger partial charge is 0.443 e. The molecule has 0 aliphatic heterocycles. The maximum atomic E-state index is 13.0. The minimum Gasteiger partial charge on any atom is -0.443 e. The molecule has 0 N–H and O–H groups in total. The first-order valence-corrected chi connectivity index (χ1v) is 5.67. The zero-order valence-corrected chi connectivity index (χ0v) is 10.6. The van der Waals surface area contributed by atoms with E-state index in [1.54, 1.807) is 12.1 Å². The first kappa shape index (κ1) is 14.0. The zero-order valence-electron chi connectivity index (χ0n) is 9.01. The van der Waals surface area contributed by atoms with Gasteiger partial charge >= 0.3 is 12.1 Å². The number of hydrogen-bond donors (Lipinski definition) is 0. The van der Waals surface area contributed by atoms with Gasteiger partial charge in [-0.2, -0.15) is 22.0 Å². The lowest BCUT2D eigenvalue weighted by Crippen LogP contribution is -2.33. The maximum Gasteiger partial charge on any atom is 0.463 e. The minimum atomic E-state index is -5.74. The van der Waals surface area contributed by atoms with Crippen LogP contribution in [0, 0.1) is 0 Å². The molecular formula is C11H5BrF5NO. The van der Waals surface area contributed by atoms with Gasteiger partial charge < -0.3 is 4.42 Å². The Hall–Kier alpha value is -1.44. The molecule has 19 heavy (non-hydrogen) atoms. The number of hydrogen-bond acceptors (Lipinski definition) is 2. The summed E-state index contributed by atoms with van der Waals surface area (Å²) < 4.78 is 67.3. The van der Waals surface area contributed by atoms with Crippen molar-refractivity contribution in [2.75, 3.05) is 0 Å². The average Bonchev–Trinajstić information content (AvgIpc) is 2.78. The molecule has 0 aliphatic carbocycles. The van der Waals surface area contributed by atoms with Crippen LogP contribution in [0.15, 0.2) is 39.4 Å². The molecule has 2 aromatic rings. The second-order valence-electron chi connectivity index (χ2n) is 3.62. The second-order valence-corrected chi connectivity index (χ2v) is 4.53. The molecule has 0 amide bonds. The third kappa shape index (κ3) is 2.63. The number of rotatable bonds is 2. The number of nitrogens with zero attached hydrogens (tertiary/aromatic N) is 1. The van der Waals surface area contributed by atoms with Crippen molar-refractivity contribution in [2.45, 2.75) is 12.1 Å². The molecule has 8 heteroatoms. The van der Waals surface area contributed by atoms with Crippen molar-refractivity contribution in [3.05, 3.63) is 40.9 Å². The van der Waals surface area contributed by atoms with Crippen molar-refractivity contribution in [1.29, 1.82) is 0 Å². The van der Waals surface area contributed by atoms with E-state index in [4.69, 9.17) is 0 Å². The molecule has 0 spiro atoms. The zero-order chi connectivity index (χ0) is 14.3. The van der Waals surface area contributed by atoms with Crippen LogP contribution >= 0.6 is 15.9 Å². The van der Waals surface area contributed by atoms with Gasteiger partial charge in [0.05, 0.1) is 0 Å². The Balaban J connectivity index is 2.37. The summed E-state index contributed by atoms with van der Waals surface area (Å²) in [6, 6.07) is 6.23. The SMILES string of the molecule is FC(F)(F)C(F)(F)c1nc(-c2ccc(Br)cc2)co1. The van der Waals surface area contributed by atoms with Gasteiger partial charge in [0.15, 0.2) is 0 Å². The van der Waals surface area contributed by atoms with Crippen LogP contribution in [-0.4, -0.2) is 11.2 Å². The van der Waals surface area contributed by atoms with Gasteiger partial charge in [-0.25, -0.2) is 4.98 Å². The monoisotopic (exact) mass is 341 g/mol. The lowest BCUT2D eigenvalue weighted by molar-refractivity contribution is -0.297. The van der Waals surface area contributed by atoms with Gasteiger partial charge in [0.1, 0.15) is 12.0 Å². The van der Waals surface area contributed by atoms with E-state index in [9.17, 15) is 22.0 Å². The molecule has 2 rings (SSSR count). The fourth-order valence-electron chi connectivity index (χ4n) is 1.29. The van der Waals surface area contributed by atoms with Crippen LogP contribution in [0.5, 0.6) is 0 Å². The van der Waals surface area contributed by atoms with E-state index in [2.05, 4.69) is 25.3 Å². The number of benzene rings is 1. The van der Waals surface area contributed by atoms with Crippen LogP contribution in [0.2, 0.25) is 0 Å². The highest BCUT2D eigenvalue weighted by atomic mass is 79.9. The molecule has 0 unspecified atom stereocenters. The Morgan fingerprint density at radius 1 is 1.00 bits per heavy atom. The highest BCUT2D eigenvalue weighted by Crippen LogP contribution is 2.43. The summed E-state index contributed by atoms with van der Waals surface area (Å²) in [4.78, 5) is 3.20. The molecule has 1 aromatic heterocycles. The van der Waals surface area contributed by atoms with Crippen LogP contribution in [-0.2, 0) is 5.92 Å². The standard InChI is InChI=1S/C11H5BrF5NO/c12-7-3-1-6(2-4-7)8-5-19-9(18-8)10(13,14)11(15,16)17/h1-5H. The topological polar surface area (TPSA) is 26.0 Å². The molecule has 0 aliphatic rings. The van der Waals surface area contributed by atoms with Crippen LogP contribution in [0.3, 0.4) is 0 Å². The summed E-state index contributed by atoms with van der Waals surface area (Å²) in [5.74, 6) is -6.78. The first-order chi connectivity index (χ1) is 8.72. The quantitative estimate of drug-likeness (QED) is 0.736. The van der Waals surface area contributed by atoms with Crippen molar-refractivity contribution in [2.24, 2.45) is 0 Å². The van der Waals surface area contributed by atoms with Crippen molar-refractivity contribution in [1.82, 2.24) is 4.98 Å². The van der Waals surface area contributed by atoms with Gasteiger partial charge in [-0.1, -0.05) is 28.1 Å². The lowest BCUT2D eigenvalue weighted by Gasteiger charge is -2.15. The van der Waals surface area contributed by atoms with E-state index in [0.717, 1.165) is 10.7 Å². The molecule has 1 aromatic carbocycles. The van der Waals surface area contributed by atoms with Gasteiger partial charge in [0, 0.05) is 10.0 Å². The van der Waals surface area contributed by atoms with Crippen molar-refractivity contribution >= 4 is 15.9 Å². The van der Waals surface area contributed by atoms with Crippen LogP contribution in [0.1, 0.15) is 5.89 Å². The van der Waals surface area contributed by atoms with Crippen molar-refractivity contribution in [3.8, 4) is 11.3 Å². The molecular weight excluding hydrogens is 337 g/mol. The summed E-state index contributed by atoms with van der Waals surface area (Å²) in [5, 5.41) is 0. The van der Waals surface area contributed by atoms with E-state index in [1.807, 2.05) is 0 Å². The number of halogens is 6. The van der Waals surface area contributed by atoms with E-state index in [-0.39, 0.29) is 5.69 Å². The van der Waals surface area contributed by atoms with Crippen molar-refractivity contribution < 1.29 is 26.4 Å². The van der Waals surface area contributed by atoms with Gasteiger partial charge in [-0.15, -0.1) is 0 Å². The predicted molar refractivity (Wildman–Crippen MR) is 59.6 cm³/mol. The molecule has 0 atom stereocenters. The Bertz CT molecular complexity index is 576. The molecule has 0 bridgehead atoms. The van der Waals surface area contributed by atoms with E-state index >= 15 is 0 Å². The third-order valence-corrected chi connectivity index (χ3v) is 2.80. The lowest BCUT2D eigenvalue weighted by atomic mass is 10.2. The molecule has 2 nitrogen and oxygen atoms in total. The van der Waals surface area contributed by atoms with Crippen LogP contribution in [0.4, 0.5) is 22.0 Å². The molecule has 1 heterocycles. The van der Waals surface area contributed by atoms with E-state index in [0.29, 0.717) is 5.56 Å². The van der Waals surface area contributed by atoms with Gasteiger partial charge in [0.25, 0.3) is 5.89 Å². The summed E-state index contributed by atoms with van der Waals surface area (Å²) >= 11 is 3.17. The Kier molecular flexibility index (Phi) is 3.38. The summed E-state index contributed by atoms with van der Waals surface area (Å²) in [6.45, 7) is 0. The normalized spacial score (nSPS) is 12.7. The van der Waals surface area contributed by atoms with Gasteiger partial charge in [-0.3, -0.25) is 0 Å². The summed E-state index contributed by atoms with van der Waals surface area (Å²) in [5.41, 5.74) is 0.280. The number of aromatic nitrogens is 1. The molecule has 0 radical (unpaired) electrons. The summed E-state index contributed by atoms with van der Waals surface area (Å²) in [7, 11) is 0. The van der Waals surface area contributed by atoms with Crippen LogP contribution in [0.25, 0.3) is 11.3 Å². The Labute approximate surface area is 112 Å².